The molecule has 79 heavy (non-hydrogen) atoms. The van der Waals surface area contributed by atoms with E-state index in [9.17, 15) is 0 Å². The summed E-state index contributed by atoms with van der Waals surface area (Å²) in [5, 5.41) is 23.9. The molecular formula is C63H56B5N8OSi2. The zero-order chi connectivity index (χ0) is 53.8. The first-order valence-electron chi connectivity index (χ1n) is 27.6. The zero-order valence-electron chi connectivity index (χ0n) is 44.3. The quantitative estimate of drug-likeness (QED) is 0.211. The van der Waals surface area contributed by atoms with Crippen LogP contribution in [0.15, 0.2) is 183 Å². The Balaban J connectivity index is 0.000000148. The van der Waals surface area contributed by atoms with Crippen LogP contribution in [0.4, 0.5) is 0 Å². The van der Waals surface area contributed by atoms with Crippen LogP contribution in [0.1, 0.15) is 73.7 Å². The Morgan fingerprint density at radius 1 is 0.506 bits per heavy atom. The average Bonchev–Trinajstić information content (AvgIpc) is 4.50. The van der Waals surface area contributed by atoms with Gasteiger partial charge in [0.2, 0.25) is 0 Å². The number of hydrogen-bond acceptors (Lipinski definition) is 7. The Hall–Kier alpha value is -7.38. The fourth-order valence-electron chi connectivity index (χ4n) is 13.4. The van der Waals surface area contributed by atoms with Crippen LogP contribution in [0.3, 0.4) is 0 Å². The molecule has 0 spiro atoms. The number of aryl methyl sites for hydroxylation is 2. The highest BCUT2D eigenvalue weighted by atomic mass is 28.3. The Morgan fingerprint density at radius 2 is 0.987 bits per heavy atom. The van der Waals surface area contributed by atoms with Gasteiger partial charge in [-0.05, 0) is 159 Å². The Kier molecular flexibility index (Phi) is 15.3. The minimum absolute atomic E-state index is 0.000484. The molecule has 15 rings (SSSR count). The molecule has 3 aliphatic heterocycles. The molecule has 9 radical (unpaired) electrons. The molecule has 0 bridgehead atoms. The van der Waals surface area contributed by atoms with Crippen LogP contribution in [0.5, 0.6) is 0 Å². The Bertz CT molecular complexity index is 3640. The largest absolute Gasteiger partial charge is 0.356 e. The number of nitrogens with zero attached hydrogens (tertiary/aromatic N) is 7. The van der Waals surface area contributed by atoms with Crippen LogP contribution in [-0.4, -0.2) is 101 Å². The number of aromatic nitrogens is 8. The standard InChI is InChI=1S/C34H32N4OSi.C29H24N4Si.B3.B2/c1-4-14-29-28(13-1)34(38(37-29)33-17-7-8-21-39-33)30-19-18-25(23-36-30)40(24-10-9-20-35-22-24)31-15-5-2-11-26(31)27-12-3-6-16-32(27)40;1-4-12-25-24(11-1)29(33-32-25)26-16-15-21(19-31-26)34(20-8-7-17-30-18-20)27-13-5-2-9-22(27)23-10-3-6-14-28(23)34;1-3-2;1-2/h2-3,5-6,9-12,15-16,18-20,22-23,33H,1,4,7-8,13-14,17,21H2;2-3,5-10,13-19H,1,4,11-12H2,(H,32,33);;. The van der Waals surface area contributed by atoms with Gasteiger partial charge in [0, 0.05) is 98.6 Å². The van der Waals surface area contributed by atoms with Gasteiger partial charge >= 0.3 is 0 Å². The van der Waals surface area contributed by atoms with Gasteiger partial charge in [0.25, 0.3) is 0 Å². The molecule has 10 aromatic rings. The Labute approximate surface area is 471 Å². The molecule has 1 fully saturated rings. The van der Waals surface area contributed by atoms with Gasteiger partial charge < -0.3 is 4.74 Å². The van der Waals surface area contributed by atoms with Gasteiger partial charge in [-0.1, -0.05) is 121 Å². The lowest BCUT2D eigenvalue weighted by atomic mass is 9.40. The fourth-order valence-corrected chi connectivity index (χ4v) is 23.4. The van der Waals surface area contributed by atoms with Gasteiger partial charge in [0.15, 0.2) is 22.4 Å². The maximum atomic E-state index is 6.23. The lowest BCUT2D eigenvalue weighted by molar-refractivity contribution is -0.0386. The minimum Gasteiger partial charge on any atom is -0.356 e. The van der Waals surface area contributed by atoms with Crippen LogP contribution in [-0.2, 0) is 30.4 Å². The molecule has 5 aliphatic rings. The van der Waals surface area contributed by atoms with E-state index in [4.69, 9.17) is 19.8 Å². The van der Waals surface area contributed by atoms with Gasteiger partial charge in [-0.15, -0.1) is 0 Å². The van der Waals surface area contributed by atoms with E-state index in [0.29, 0.717) is 0 Å². The van der Waals surface area contributed by atoms with Crippen molar-refractivity contribution in [3.63, 3.8) is 0 Å². The van der Waals surface area contributed by atoms with E-state index in [1.165, 1.54) is 118 Å². The lowest BCUT2D eigenvalue weighted by Crippen LogP contribution is -2.73. The molecule has 2 aliphatic carbocycles. The second-order valence-corrected chi connectivity index (χ2v) is 28.2. The van der Waals surface area contributed by atoms with Crippen LogP contribution < -0.4 is 41.5 Å². The third-order valence-electron chi connectivity index (χ3n) is 16.6. The van der Waals surface area contributed by atoms with Crippen molar-refractivity contribution < 1.29 is 4.74 Å². The number of hydrogen-bond donors (Lipinski definition) is 1. The van der Waals surface area contributed by atoms with E-state index < -0.39 is 16.1 Å². The molecule has 1 saturated heterocycles. The predicted molar refractivity (Wildman–Crippen MR) is 329 cm³/mol. The van der Waals surface area contributed by atoms with Crippen molar-refractivity contribution in [3.05, 3.63) is 205 Å². The van der Waals surface area contributed by atoms with Crippen molar-refractivity contribution in [2.75, 3.05) is 6.61 Å². The second kappa shape index (κ2) is 23.1. The topological polar surface area (TPSA) is 107 Å². The molecule has 16 heteroatoms. The molecule has 9 heterocycles. The fraction of sp³-hybridized carbons (Fsp3) is 0.206. The van der Waals surface area contributed by atoms with Gasteiger partial charge in [0.05, 0.1) is 22.8 Å². The van der Waals surface area contributed by atoms with Crippen molar-refractivity contribution in [2.45, 2.75) is 76.9 Å². The second-order valence-electron chi connectivity index (χ2n) is 20.7. The SMILES string of the molecule is [B][B].[B][B][B].c1cncc([Si]2(c3ccc(-c4c5c(nn4C4CCCCO4)CCCC5)nc3)c3ccccc3-c3ccccc32)c1.c1cncc([Si]2(c3ccc(-c4n[nH]c5c4CCCC5)nc3)c3ccccc3-c3ccccc32)c1. The van der Waals surface area contributed by atoms with E-state index in [1.807, 2.05) is 12.4 Å². The molecule has 0 saturated carbocycles. The van der Waals surface area contributed by atoms with Crippen molar-refractivity contribution in [2.24, 2.45) is 0 Å². The summed E-state index contributed by atoms with van der Waals surface area (Å²) in [6.07, 6.45) is 24.6. The highest BCUT2D eigenvalue weighted by molar-refractivity contribution is 7.23. The first-order valence-corrected chi connectivity index (χ1v) is 31.6. The smallest absolute Gasteiger partial charge is 0.183 e. The molecule has 4 aromatic carbocycles. The van der Waals surface area contributed by atoms with Gasteiger partial charge in [-0.2, -0.15) is 10.2 Å². The molecule has 0 amide bonds. The summed E-state index contributed by atoms with van der Waals surface area (Å²) in [7, 11) is 12.9. The molecule has 377 valence electrons. The molecule has 1 atom stereocenters. The van der Waals surface area contributed by atoms with Gasteiger partial charge in [0.1, 0.15) is 5.69 Å². The number of nitrogens with one attached hydrogen (secondary N) is 1. The summed E-state index contributed by atoms with van der Waals surface area (Å²) in [4.78, 5) is 19.4. The summed E-state index contributed by atoms with van der Waals surface area (Å²) >= 11 is 0. The van der Waals surface area contributed by atoms with Gasteiger partial charge in [-0.25, -0.2) is 4.68 Å². The maximum Gasteiger partial charge on any atom is 0.183 e. The van der Waals surface area contributed by atoms with Crippen LogP contribution in [0.2, 0.25) is 0 Å². The number of ether oxygens (including phenoxy) is 1. The number of benzene rings is 4. The number of pyridine rings is 4. The number of aromatic amines is 1. The first-order chi connectivity index (χ1) is 39.1. The molecule has 9 nitrogen and oxygen atoms in total. The normalized spacial score (nSPS) is 16.5. The van der Waals surface area contributed by atoms with Crippen LogP contribution in [0, 0.1) is 0 Å². The molecule has 1 unspecified atom stereocenters. The van der Waals surface area contributed by atoms with Crippen molar-refractivity contribution in [3.8, 4) is 45.0 Å². The van der Waals surface area contributed by atoms with E-state index in [0.717, 1.165) is 75.0 Å². The minimum atomic E-state index is -2.58. The lowest BCUT2D eigenvalue weighted by Gasteiger charge is -2.30. The maximum absolute atomic E-state index is 6.23. The summed E-state index contributed by atoms with van der Waals surface area (Å²) in [6, 6.07) is 53.3. The summed E-state index contributed by atoms with van der Waals surface area (Å²) < 4.78 is 8.41. The van der Waals surface area contributed by atoms with Crippen LogP contribution >= 0.6 is 0 Å². The number of rotatable bonds is 7. The van der Waals surface area contributed by atoms with E-state index in [-0.39, 0.29) is 6.23 Å². The summed E-state index contributed by atoms with van der Waals surface area (Å²) in [5.74, 6) is 0. The first kappa shape index (κ1) is 52.3. The average molecular weight is 1050 g/mol. The third kappa shape index (κ3) is 9.06. The highest BCUT2D eigenvalue weighted by Gasteiger charge is 2.50. The van der Waals surface area contributed by atoms with Crippen molar-refractivity contribution in [1.29, 1.82) is 0 Å². The van der Waals surface area contributed by atoms with E-state index in [1.54, 1.807) is 0 Å². The van der Waals surface area contributed by atoms with E-state index >= 15 is 0 Å². The Morgan fingerprint density at radius 3 is 1.47 bits per heavy atom. The highest BCUT2D eigenvalue weighted by Crippen LogP contribution is 2.37. The third-order valence-corrected chi connectivity index (χ3v) is 26.3. The molecule has 6 aromatic heterocycles. The zero-order valence-corrected chi connectivity index (χ0v) is 46.3. The summed E-state index contributed by atoms with van der Waals surface area (Å²) in [5.41, 5.74) is 14.7. The molecular weight excluding hydrogens is 995 g/mol. The van der Waals surface area contributed by atoms with Crippen molar-refractivity contribution >= 4 is 95.7 Å². The number of H-pyrrole nitrogens is 1. The van der Waals surface area contributed by atoms with E-state index in [2.05, 4.69) is 226 Å². The molecule has 1 N–H and O–H groups in total. The van der Waals surface area contributed by atoms with Crippen LogP contribution in [0.25, 0.3) is 45.0 Å². The monoisotopic (exact) mass is 1050 g/mol. The summed E-state index contributed by atoms with van der Waals surface area (Å²) in [6.45, 7) is 0.805. The van der Waals surface area contributed by atoms with Gasteiger partial charge in [-0.3, -0.25) is 25.0 Å². The predicted octanol–water partition coefficient (Wildman–Crippen LogP) is 5.48. The number of fused-ring (bicyclic) bond motifs is 8. The van der Waals surface area contributed by atoms with Crippen molar-refractivity contribution in [1.82, 2.24) is 39.9 Å².